The molecule has 94 valence electrons. The predicted octanol–water partition coefficient (Wildman–Crippen LogP) is 1.64. The molecule has 0 aliphatic rings. The number of hydrogen-bond donors (Lipinski definition) is 1. The van der Waals surface area contributed by atoms with Crippen molar-refractivity contribution in [1.29, 1.82) is 0 Å². The summed E-state index contributed by atoms with van der Waals surface area (Å²) in [5.41, 5.74) is 6.77. The van der Waals surface area contributed by atoms with Crippen LogP contribution in [0.1, 0.15) is 32.3 Å². The largest absolute Gasteiger partial charge is 0.469 e. The SMILES string of the molecule is CCC(N)C(C)(CC(=O)OC)c1ccncc1. The zero-order chi connectivity index (χ0) is 12.9. The average Bonchev–Trinajstić information content (AvgIpc) is 2.38. The number of rotatable bonds is 5. The van der Waals surface area contributed by atoms with Crippen LogP contribution in [0.2, 0.25) is 0 Å². The Labute approximate surface area is 102 Å². The molecular formula is C13H20N2O2. The minimum Gasteiger partial charge on any atom is -0.469 e. The Kier molecular flexibility index (Phi) is 4.63. The number of esters is 1. The van der Waals surface area contributed by atoms with Gasteiger partial charge in [0.15, 0.2) is 0 Å². The fourth-order valence-electron chi connectivity index (χ4n) is 2.00. The van der Waals surface area contributed by atoms with Gasteiger partial charge >= 0.3 is 5.97 Å². The Balaban J connectivity index is 3.06. The van der Waals surface area contributed by atoms with E-state index in [0.717, 1.165) is 12.0 Å². The molecule has 0 aromatic carbocycles. The summed E-state index contributed by atoms with van der Waals surface area (Å²) in [6.45, 7) is 4.01. The van der Waals surface area contributed by atoms with E-state index >= 15 is 0 Å². The maximum Gasteiger partial charge on any atom is 0.306 e. The Hall–Kier alpha value is -1.42. The first-order valence-corrected chi connectivity index (χ1v) is 5.77. The van der Waals surface area contributed by atoms with Gasteiger partial charge < -0.3 is 10.5 Å². The maximum atomic E-state index is 11.5. The zero-order valence-corrected chi connectivity index (χ0v) is 10.6. The van der Waals surface area contributed by atoms with Crippen molar-refractivity contribution < 1.29 is 9.53 Å². The van der Waals surface area contributed by atoms with Gasteiger partial charge in [-0.05, 0) is 24.1 Å². The fraction of sp³-hybridized carbons (Fsp3) is 0.538. The molecule has 1 rings (SSSR count). The Morgan fingerprint density at radius 3 is 2.59 bits per heavy atom. The lowest BCUT2D eigenvalue weighted by molar-refractivity contribution is -0.142. The van der Waals surface area contributed by atoms with E-state index in [1.165, 1.54) is 7.11 Å². The van der Waals surface area contributed by atoms with Crippen LogP contribution < -0.4 is 5.73 Å². The van der Waals surface area contributed by atoms with Crippen molar-refractivity contribution in [2.45, 2.75) is 38.1 Å². The van der Waals surface area contributed by atoms with Crippen LogP contribution in [0.4, 0.5) is 0 Å². The van der Waals surface area contributed by atoms with E-state index in [1.807, 2.05) is 26.0 Å². The minimum atomic E-state index is -0.412. The van der Waals surface area contributed by atoms with Crippen molar-refractivity contribution in [3.05, 3.63) is 30.1 Å². The third-order valence-electron chi connectivity index (χ3n) is 3.34. The minimum absolute atomic E-state index is 0.0935. The van der Waals surface area contributed by atoms with Gasteiger partial charge in [-0.25, -0.2) is 0 Å². The molecule has 1 aromatic heterocycles. The van der Waals surface area contributed by atoms with Gasteiger partial charge in [-0.3, -0.25) is 9.78 Å². The first kappa shape index (κ1) is 13.6. The van der Waals surface area contributed by atoms with Gasteiger partial charge in [-0.2, -0.15) is 0 Å². The molecule has 0 spiro atoms. The van der Waals surface area contributed by atoms with Crippen LogP contribution >= 0.6 is 0 Å². The second-order valence-corrected chi connectivity index (χ2v) is 4.42. The van der Waals surface area contributed by atoms with Gasteiger partial charge in [-0.1, -0.05) is 13.8 Å². The van der Waals surface area contributed by atoms with E-state index in [0.29, 0.717) is 0 Å². The highest BCUT2D eigenvalue weighted by Gasteiger charge is 2.35. The summed E-state index contributed by atoms with van der Waals surface area (Å²) in [7, 11) is 1.40. The molecule has 0 radical (unpaired) electrons. The number of pyridine rings is 1. The number of nitrogens with two attached hydrogens (primary N) is 1. The highest BCUT2D eigenvalue weighted by Crippen LogP contribution is 2.31. The maximum absolute atomic E-state index is 11.5. The van der Waals surface area contributed by atoms with Crippen LogP contribution in [0, 0.1) is 0 Å². The number of aromatic nitrogens is 1. The summed E-state index contributed by atoms with van der Waals surface area (Å²) in [6, 6.07) is 3.71. The van der Waals surface area contributed by atoms with Crippen molar-refractivity contribution in [3.63, 3.8) is 0 Å². The second kappa shape index (κ2) is 5.77. The third kappa shape index (κ3) is 3.03. The summed E-state index contributed by atoms with van der Waals surface area (Å²) >= 11 is 0. The molecular weight excluding hydrogens is 216 g/mol. The predicted molar refractivity (Wildman–Crippen MR) is 66.5 cm³/mol. The van der Waals surface area contributed by atoms with Crippen LogP contribution in [-0.2, 0) is 14.9 Å². The van der Waals surface area contributed by atoms with E-state index in [9.17, 15) is 4.79 Å². The number of carbonyl (C=O) groups excluding carboxylic acids is 1. The van der Waals surface area contributed by atoms with E-state index in [1.54, 1.807) is 12.4 Å². The molecule has 2 atom stereocenters. The summed E-state index contributed by atoms with van der Waals surface area (Å²) in [6.07, 6.45) is 4.51. The molecule has 1 heterocycles. The van der Waals surface area contributed by atoms with Crippen molar-refractivity contribution >= 4 is 5.97 Å². The molecule has 4 nitrogen and oxygen atoms in total. The van der Waals surface area contributed by atoms with E-state index in [2.05, 4.69) is 4.98 Å². The molecule has 0 aliphatic carbocycles. The van der Waals surface area contributed by atoms with Gasteiger partial charge in [0.25, 0.3) is 0 Å². The highest BCUT2D eigenvalue weighted by molar-refractivity contribution is 5.71. The van der Waals surface area contributed by atoms with E-state index in [-0.39, 0.29) is 18.4 Å². The van der Waals surface area contributed by atoms with Crippen molar-refractivity contribution in [3.8, 4) is 0 Å². The molecule has 0 saturated heterocycles. The van der Waals surface area contributed by atoms with Crippen LogP contribution in [0.3, 0.4) is 0 Å². The average molecular weight is 236 g/mol. The molecule has 2 N–H and O–H groups in total. The van der Waals surface area contributed by atoms with Gasteiger partial charge in [-0.15, -0.1) is 0 Å². The monoisotopic (exact) mass is 236 g/mol. The lowest BCUT2D eigenvalue weighted by Gasteiger charge is -2.34. The van der Waals surface area contributed by atoms with E-state index in [4.69, 9.17) is 10.5 Å². The van der Waals surface area contributed by atoms with E-state index < -0.39 is 5.41 Å². The van der Waals surface area contributed by atoms with Gasteiger partial charge in [0.2, 0.25) is 0 Å². The third-order valence-corrected chi connectivity index (χ3v) is 3.34. The number of ether oxygens (including phenoxy) is 1. The molecule has 17 heavy (non-hydrogen) atoms. The smallest absolute Gasteiger partial charge is 0.306 e. The van der Waals surface area contributed by atoms with Crippen LogP contribution in [0.5, 0.6) is 0 Å². The van der Waals surface area contributed by atoms with Crippen molar-refractivity contribution in [2.75, 3.05) is 7.11 Å². The first-order chi connectivity index (χ1) is 8.04. The number of hydrogen-bond acceptors (Lipinski definition) is 4. The second-order valence-electron chi connectivity index (χ2n) is 4.42. The standard InChI is InChI=1S/C13H20N2O2/c1-4-11(14)13(2,9-12(16)17-3)10-5-7-15-8-6-10/h5-8,11H,4,9,14H2,1-3H3. The number of nitrogens with zero attached hydrogens (tertiary/aromatic N) is 1. The van der Waals surface area contributed by atoms with Crippen LogP contribution in [0.25, 0.3) is 0 Å². The van der Waals surface area contributed by atoms with Gasteiger partial charge in [0, 0.05) is 23.9 Å². The van der Waals surface area contributed by atoms with Gasteiger partial charge in [0.05, 0.1) is 13.5 Å². The molecule has 2 unspecified atom stereocenters. The quantitative estimate of drug-likeness (QED) is 0.789. The fourth-order valence-corrected chi connectivity index (χ4v) is 2.00. The lowest BCUT2D eigenvalue weighted by Crippen LogP contribution is -2.44. The summed E-state index contributed by atoms with van der Waals surface area (Å²) in [5, 5.41) is 0. The van der Waals surface area contributed by atoms with Crippen molar-refractivity contribution in [2.24, 2.45) is 5.73 Å². The molecule has 0 aliphatic heterocycles. The normalized spacial score (nSPS) is 16.0. The Bertz CT molecular complexity index is 367. The van der Waals surface area contributed by atoms with Crippen molar-refractivity contribution in [1.82, 2.24) is 4.98 Å². The van der Waals surface area contributed by atoms with Crippen LogP contribution in [-0.4, -0.2) is 24.1 Å². The molecule has 0 bridgehead atoms. The molecule has 0 amide bonds. The number of methoxy groups -OCH3 is 1. The zero-order valence-electron chi connectivity index (χ0n) is 10.6. The van der Waals surface area contributed by atoms with Gasteiger partial charge in [0.1, 0.15) is 0 Å². The Morgan fingerprint density at radius 2 is 2.12 bits per heavy atom. The Morgan fingerprint density at radius 1 is 1.53 bits per heavy atom. The molecule has 4 heteroatoms. The highest BCUT2D eigenvalue weighted by atomic mass is 16.5. The molecule has 0 saturated carbocycles. The summed E-state index contributed by atoms with van der Waals surface area (Å²) in [5.74, 6) is -0.242. The van der Waals surface area contributed by atoms with Crippen LogP contribution in [0.15, 0.2) is 24.5 Å². The number of carbonyl (C=O) groups is 1. The molecule has 1 aromatic rings. The lowest BCUT2D eigenvalue weighted by atomic mass is 9.73. The summed E-state index contributed by atoms with van der Waals surface area (Å²) in [4.78, 5) is 15.5. The topological polar surface area (TPSA) is 65.2 Å². The first-order valence-electron chi connectivity index (χ1n) is 5.77. The summed E-state index contributed by atoms with van der Waals surface area (Å²) < 4.78 is 4.75. The molecule has 0 fully saturated rings.